The van der Waals surface area contributed by atoms with Gasteiger partial charge in [-0.15, -0.1) is 0 Å². The first-order valence-corrected chi connectivity index (χ1v) is 18.7. The number of nitrogens with zero attached hydrogens (tertiary/aromatic N) is 7. The molecule has 1 N–H and O–H groups in total. The molecular weight excluding hydrogens is 723 g/mol. The number of aliphatic imine (C=N–C) groups is 1. The minimum Gasteiger partial charge on any atom is -0.490 e. The molecule has 57 heavy (non-hydrogen) atoms. The van der Waals surface area contributed by atoms with Gasteiger partial charge in [-0.3, -0.25) is 9.79 Å². The number of aliphatic hydroxyl groups excluding tert-OH is 1. The van der Waals surface area contributed by atoms with Crippen LogP contribution < -0.4 is 9.47 Å². The molecule has 6 aromatic rings. The summed E-state index contributed by atoms with van der Waals surface area (Å²) in [5.41, 5.74) is 8.79. The maximum absolute atomic E-state index is 11.9. The third kappa shape index (κ3) is 8.20. The molecule has 2 aliphatic rings. The van der Waals surface area contributed by atoms with E-state index >= 15 is 0 Å². The van der Waals surface area contributed by atoms with Gasteiger partial charge < -0.3 is 23.6 Å². The highest BCUT2D eigenvalue weighted by Gasteiger charge is 2.26. The van der Waals surface area contributed by atoms with Crippen molar-refractivity contribution in [3.05, 3.63) is 106 Å². The molecule has 0 unspecified atom stereocenters. The van der Waals surface area contributed by atoms with Crippen molar-refractivity contribution in [3.8, 4) is 69.3 Å². The monoisotopic (exact) mass is 761 g/mol. The highest BCUT2D eigenvalue weighted by Crippen LogP contribution is 2.35. The minimum atomic E-state index is -0.0270. The zero-order chi connectivity index (χ0) is 40.1. The summed E-state index contributed by atoms with van der Waals surface area (Å²) in [7, 11) is 0. The summed E-state index contributed by atoms with van der Waals surface area (Å²) < 4.78 is 22.2. The molecule has 8 rings (SSSR count). The van der Waals surface area contributed by atoms with Crippen molar-refractivity contribution in [1.82, 2.24) is 20.3 Å². The molecule has 2 aliphatic carbocycles. The van der Waals surface area contributed by atoms with Gasteiger partial charge in [0.2, 0.25) is 11.6 Å². The lowest BCUT2D eigenvalue weighted by Gasteiger charge is -2.11. The Morgan fingerprint density at radius 3 is 1.70 bits per heavy atom. The zero-order valence-corrected chi connectivity index (χ0v) is 31.9. The van der Waals surface area contributed by atoms with Gasteiger partial charge in [0.05, 0.1) is 36.5 Å². The Morgan fingerprint density at radius 1 is 0.702 bits per heavy atom. The van der Waals surface area contributed by atoms with Gasteiger partial charge in [0, 0.05) is 39.9 Å². The third-order valence-corrected chi connectivity index (χ3v) is 9.33. The first-order valence-electron chi connectivity index (χ1n) is 18.7. The van der Waals surface area contributed by atoms with Crippen molar-refractivity contribution in [3.63, 3.8) is 0 Å². The highest BCUT2D eigenvalue weighted by atomic mass is 16.5. The Morgan fingerprint density at radius 2 is 1.19 bits per heavy atom. The molecule has 0 bridgehead atoms. The fraction of sp³-hybridized carbons (Fsp3) is 0.273. The number of ketones is 1. The van der Waals surface area contributed by atoms with Crippen molar-refractivity contribution < 1.29 is 28.4 Å². The number of hydrogen-bond donors (Lipinski definition) is 1. The SMILES string of the molecule is CC(C)Oc1ccc(-c2nc(-c3cccc4c3CCC4=NCCO)no2)cc1C#N.CC(C)Oc1ccc(-c2nc(-c3cccc4c3CCC4=O)no2)cc1C#N. The van der Waals surface area contributed by atoms with Crippen LogP contribution in [0.1, 0.15) is 78.7 Å². The largest absolute Gasteiger partial charge is 0.490 e. The van der Waals surface area contributed by atoms with E-state index in [0.717, 1.165) is 51.9 Å². The van der Waals surface area contributed by atoms with Gasteiger partial charge in [-0.25, -0.2) is 0 Å². The molecular formula is C44H39N7O6. The Kier molecular flexibility index (Phi) is 11.3. The second-order valence-corrected chi connectivity index (χ2v) is 14.0. The summed E-state index contributed by atoms with van der Waals surface area (Å²) in [4.78, 5) is 25.5. The van der Waals surface area contributed by atoms with Crippen LogP contribution in [0.5, 0.6) is 11.5 Å². The van der Waals surface area contributed by atoms with Crippen LogP contribution in [0.4, 0.5) is 0 Å². The topological polar surface area (TPSA) is 194 Å². The molecule has 4 aromatic carbocycles. The molecule has 13 nitrogen and oxygen atoms in total. The van der Waals surface area contributed by atoms with Gasteiger partial charge in [-0.1, -0.05) is 46.7 Å². The molecule has 0 saturated carbocycles. The Bertz CT molecular complexity index is 2570. The Balaban J connectivity index is 0.000000175. The first-order chi connectivity index (χ1) is 27.7. The molecule has 286 valence electrons. The van der Waals surface area contributed by atoms with Gasteiger partial charge in [0.1, 0.15) is 23.6 Å². The number of rotatable bonds is 10. The quantitative estimate of drug-likeness (QED) is 0.142. The maximum atomic E-state index is 11.9. The number of aromatic nitrogens is 4. The molecule has 0 aliphatic heterocycles. The fourth-order valence-corrected chi connectivity index (χ4v) is 6.88. The number of carbonyl (C=O) groups is 1. The molecule has 2 heterocycles. The summed E-state index contributed by atoms with van der Waals surface area (Å²) in [6, 6.07) is 26.3. The van der Waals surface area contributed by atoms with Gasteiger partial charge in [-0.05, 0) is 100 Å². The van der Waals surface area contributed by atoms with E-state index in [1.807, 2.05) is 70.2 Å². The van der Waals surface area contributed by atoms with Crippen molar-refractivity contribution in [1.29, 1.82) is 10.5 Å². The molecule has 0 saturated heterocycles. The molecule has 13 heteroatoms. The van der Waals surface area contributed by atoms with Crippen LogP contribution in [0.15, 0.2) is 86.8 Å². The molecule has 0 atom stereocenters. The lowest BCUT2D eigenvalue weighted by molar-refractivity contribution is 0.0994. The Hall–Kier alpha value is -6.96. The van der Waals surface area contributed by atoms with E-state index in [4.69, 9.17) is 23.6 Å². The maximum Gasteiger partial charge on any atom is 0.258 e. The first kappa shape index (κ1) is 38.3. The molecule has 0 radical (unpaired) electrons. The third-order valence-electron chi connectivity index (χ3n) is 9.33. The van der Waals surface area contributed by atoms with Crippen LogP contribution in [-0.2, 0) is 12.8 Å². The predicted octanol–water partition coefficient (Wildman–Crippen LogP) is 7.98. The summed E-state index contributed by atoms with van der Waals surface area (Å²) >= 11 is 0. The zero-order valence-electron chi connectivity index (χ0n) is 31.9. The highest BCUT2D eigenvalue weighted by molar-refractivity contribution is 6.06. The summed E-state index contributed by atoms with van der Waals surface area (Å²) in [6.45, 7) is 8.08. The van der Waals surface area contributed by atoms with Gasteiger partial charge >= 0.3 is 0 Å². The fourth-order valence-electron chi connectivity index (χ4n) is 6.88. The Labute approximate surface area is 329 Å². The lowest BCUT2D eigenvalue weighted by Crippen LogP contribution is -2.06. The van der Waals surface area contributed by atoms with E-state index in [0.29, 0.717) is 76.6 Å². The molecule has 0 spiro atoms. The molecule has 0 fully saturated rings. The van der Waals surface area contributed by atoms with Crippen LogP contribution in [0.2, 0.25) is 0 Å². The van der Waals surface area contributed by atoms with Crippen LogP contribution in [-0.4, -0.2) is 62.2 Å². The van der Waals surface area contributed by atoms with Crippen LogP contribution >= 0.6 is 0 Å². The van der Waals surface area contributed by atoms with E-state index < -0.39 is 0 Å². The van der Waals surface area contributed by atoms with E-state index in [9.17, 15) is 15.3 Å². The molecule has 0 amide bonds. The number of ether oxygens (including phenoxy) is 2. The van der Waals surface area contributed by atoms with Crippen molar-refractivity contribution in [2.75, 3.05) is 13.2 Å². The van der Waals surface area contributed by atoms with Crippen LogP contribution in [0.3, 0.4) is 0 Å². The van der Waals surface area contributed by atoms with E-state index in [1.54, 1.807) is 30.3 Å². The normalized spacial score (nSPS) is 13.6. The average molecular weight is 762 g/mol. The van der Waals surface area contributed by atoms with Crippen LogP contribution in [0, 0.1) is 22.7 Å². The van der Waals surface area contributed by atoms with E-state index in [1.165, 1.54) is 0 Å². The van der Waals surface area contributed by atoms with Crippen LogP contribution in [0.25, 0.3) is 45.7 Å². The summed E-state index contributed by atoms with van der Waals surface area (Å²) in [6.07, 6.45) is 2.83. The smallest absolute Gasteiger partial charge is 0.258 e. The number of fused-ring (bicyclic) bond motifs is 2. The van der Waals surface area contributed by atoms with E-state index in [2.05, 4.69) is 37.4 Å². The standard InChI is InChI=1S/C23H22N4O3.C21H17N3O3/c1-14(2)29-21-9-6-15(12-16(21)13-24)23-26-22(27-30-23)19-5-3-4-18-17(19)7-8-20(18)25-10-11-28;1-12(2)26-19-9-6-13(10-14(19)11-22)21-23-20(24-27-21)17-5-3-4-16-15(17)7-8-18(16)25/h3-6,9,12,14,28H,7-8,10-11H2,1-2H3;3-6,9-10,12H,7-8H2,1-2H3. The van der Waals surface area contributed by atoms with Crippen molar-refractivity contribution >= 4 is 11.5 Å². The predicted molar refractivity (Wildman–Crippen MR) is 211 cm³/mol. The second kappa shape index (κ2) is 16.8. The minimum absolute atomic E-state index is 0.0241. The van der Waals surface area contributed by atoms with Gasteiger partial charge in [0.15, 0.2) is 5.78 Å². The summed E-state index contributed by atoms with van der Waals surface area (Å²) in [5.74, 6) is 2.82. The number of benzene rings is 4. The second-order valence-electron chi connectivity index (χ2n) is 14.0. The summed E-state index contributed by atoms with van der Waals surface area (Å²) in [5, 5.41) is 36.1. The average Bonchev–Trinajstić information content (AvgIpc) is 4.05. The van der Waals surface area contributed by atoms with Gasteiger partial charge in [0.25, 0.3) is 11.8 Å². The van der Waals surface area contributed by atoms with E-state index in [-0.39, 0.29) is 24.6 Å². The number of aliphatic hydroxyl groups is 1. The number of nitriles is 2. The number of hydrogen-bond acceptors (Lipinski definition) is 13. The van der Waals surface area contributed by atoms with Crippen molar-refractivity contribution in [2.45, 2.75) is 65.6 Å². The number of Topliss-reactive ketones (excluding diaryl/α,β-unsaturated/α-hetero) is 1. The van der Waals surface area contributed by atoms with Crippen molar-refractivity contribution in [2.24, 2.45) is 4.99 Å². The number of carbonyl (C=O) groups excluding carboxylic acids is 1. The molecule has 2 aromatic heterocycles. The van der Waals surface area contributed by atoms with Gasteiger partial charge in [-0.2, -0.15) is 20.5 Å². The lowest BCUT2D eigenvalue weighted by atomic mass is 10.0.